The van der Waals surface area contributed by atoms with Gasteiger partial charge in [-0.2, -0.15) is 0 Å². The molecule has 0 heterocycles. The van der Waals surface area contributed by atoms with Crippen LogP contribution in [0.4, 0.5) is 4.79 Å². The van der Waals surface area contributed by atoms with Crippen LogP contribution in [-0.2, 0) is 9.13 Å². The molecule has 1 rings (SSSR count). The summed E-state index contributed by atoms with van der Waals surface area (Å²) < 4.78 is 23.3. The van der Waals surface area contributed by atoms with E-state index in [9.17, 15) is 13.9 Å². The number of hydrogen-bond acceptors (Lipinski definition) is 4. The topological polar surface area (TPSA) is 153 Å². The van der Waals surface area contributed by atoms with Gasteiger partial charge < -0.3 is 29.6 Å². The summed E-state index contributed by atoms with van der Waals surface area (Å²) >= 11 is 5.58. The Kier molecular flexibility index (Phi) is 12.0. The number of ether oxygens (including phenoxy) is 1. The molecule has 1 aromatic rings. The number of thiol groups is 2. The average Bonchev–Trinajstić information content (AvgIpc) is 2.24. The number of carbonyl (C=O) groups excluding carboxylic acids is 1. The Hall–Kier alpha value is -0.510. The van der Waals surface area contributed by atoms with E-state index in [0.717, 1.165) is 5.56 Å². The minimum atomic E-state index is -3.94. The number of carbonyl (C=O) groups is 1. The van der Waals surface area contributed by atoms with Crippen molar-refractivity contribution in [2.24, 2.45) is 0 Å². The third-order valence-electron chi connectivity index (χ3n) is 1.40. The van der Waals surface area contributed by atoms with Crippen LogP contribution in [-0.4, -0.2) is 32.7 Å². The fraction of sp³-hybridized carbons (Fsp3) is 0.222. The standard InChI is InChI=1S/C9H11NO2.2H3O3PS/c1-7-4-3-5-8(6-7)12-9(11)10-2;2*1-4(2,3)5/h3-6H,1-2H3,(H,10,11);2*(H3,1,2,3,5). The highest BCUT2D eigenvalue weighted by Crippen LogP contribution is 2.39. The lowest BCUT2D eigenvalue weighted by atomic mass is 10.2. The molecule has 0 atom stereocenters. The van der Waals surface area contributed by atoms with Crippen LogP contribution in [0.2, 0.25) is 0 Å². The van der Waals surface area contributed by atoms with Crippen molar-refractivity contribution >= 4 is 44.2 Å². The molecule has 1 amide bonds. The Labute approximate surface area is 137 Å². The summed E-state index contributed by atoms with van der Waals surface area (Å²) in [6.45, 7) is -5.95. The predicted molar refractivity (Wildman–Crippen MR) is 88.3 cm³/mol. The fourth-order valence-electron chi connectivity index (χ4n) is 0.837. The number of nitrogens with one attached hydrogen (secondary N) is 1. The quantitative estimate of drug-likeness (QED) is 0.281. The first kappa shape index (κ1) is 23.8. The number of hydrogen-bond donors (Lipinski definition) is 7. The summed E-state index contributed by atoms with van der Waals surface area (Å²) in [5.74, 6) is 0.564. The van der Waals surface area contributed by atoms with Gasteiger partial charge >= 0.3 is 19.7 Å². The highest BCUT2D eigenvalue weighted by atomic mass is 32.7. The molecule has 5 N–H and O–H groups in total. The lowest BCUT2D eigenvalue weighted by Crippen LogP contribution is -2.21. The zero-order chi connectivity index (χ0) is 18.0. The van der Waals surface area contributed by atoms with Crippen LogP contribution in [0.1, 0.15) is 5.56 Å². The molecule has 0 spiro atoms. The van der Waals surface area contributed by atoms with Gasteiger partial charge in [-0.25, -0.2) is 13.9 Å². The van der Waals surface area contributed by atoms with Gasteiger partial charge in [0, 0.05) is 7.05 Å². The van der Waals surface area contributed by atoms with Gasteiger partial charge in [0.05, 0.1) is 0 Å². The van der Waals surface area contributed by atoms with E-state index >= 15 is 0 Å². The second-order valence-corrected chi connectivity index (χ2v) is 8.66. The molecule has 0 aromatic heterocycles. The third-order valence-corrected chi connectivity index (χ3v) is 1.40. The number of benzene rings is 1. The van der Waals surface area contributed by atoms with Crippen LogP contribution in [0.3, 0.4) is 0 Å². The molecule has 0 saturated carbocycles. The summed E-state index contributed by atoms with van der Waals surface area (Å²) in [6.07, 6.45) is -0.444. The van der Waals surface area contributed by atoms with Gasteiger partial charge in [0.15, 0.2) is 0 Å². The highest BCUT2D eigenvalue weighted by molar-refractivity contribution is 8.44. The van der Waals surface area contributed by atoms with Gasteiger partial charge in [0.2, 0.25) is 0 Å². The van der Waals surface area contributed by atoms with Crippen LogP contribution in [0.25, 0.3) is 0 Å². The monoisotopic (exact) mass is 393 g/mol. The Morgan fingerprint density at radius 2 is 1.55 bits per heavy atom. The van der Waals surface area contributed by atoms with E-state index < -0.39 is 19.7 Å². The van der Waals surface area contributed by atoms with Crippen molar-refractivity contribution in [2.45, 2.75) is 6.92 Å². The van der Waals surface area contributed by atoms with Crippen LogP contribution in [0.15, 0.2) is 24.3 Å². The van der Waals surface area contributed by atoms with E-state index in [1.54, 1.807) is 12.1 Å². The van der Waals surface area contributed by atoms with Gasteiger partial charge in [-0.15, -0.1) is 0 Å². The lowest BCUT2D eigenvalue weighted by molar-refractivity contribution is 0.203. The molecule has 0 fully saturated rings. The zero-order valence-corrected chi connectivity index (χ0v) is 15.1. The first-order valence-corrected chi connectivity index (χ1v) is 10.8. The molecule has 0 aliphatic carbocycles. The molecule has 0 aliphatic heterocycles. The largest absolute Gasteiger partial charge is 0.412 e. The van der Waals surface area contributed by atoms with Gasteiger partial charge in [0.1, 0.15) is 5.75 Å². The number of amides is 1. The van der Waals surface area contributed by atoms with Crippen molar-refractivity contribution < 1.29 is 38.2 Å². The van der Waals surface area contributed by atoms with Crippen molar-refractivity contribution in [1.82, 2.24) is 5.32 Å². The van der Waals surface area contributed by atoms with Gasteiger partial charge in [-0.05, 0) is 24.6 Å². The first-order valence-electron chi connectivity index (χ1n) is 5.25. The Bertz CT molecular complexity index is 522. The predicted octanol–water partition coefficient (Wildman–Crippen LogP) is 1.73. The molecule has 0 unspecified atom stereocenters. The summed E-state index contributed by atoms with van der Waals surface area (Å²) in [7, 11) is 1.53. The van der Waals surface area contributed by atoms with E-state index in [0.29, 0.717) is 5.75 Å². The van der Waals surface area contributed by atoms with Gasteiger partial charge in [-0.1, -0.05) is 36.6 Å². The maximum atomic E-state index is 10.8. The third kappa shape index (κ3) is 27.8. The minimum absolute atomic E-state index is 0.444. The molecule has 1 aromatic carbocycles. The van der Waals surface area contributed by atoms with Crippen molar-refractivity contribution in [1.29, 1.82) is 0 Å². The van der Waals surface area contributed by atoms with Crippen molar-refractivity contribution in [3.05, 3.63) is 29.8 Å². The minimum Gasteiger partial charge on any atom is -0.410 e. The molecule has 128 valence electrons. The zero-order valence-electron chi connectivity index (χ0n) is 11.5. The SMILES string of the molecule is CNC(=O)Oc1cccc(C)c1.O=P(O)(O)S.O=P(O)(O)S. The average molecular weight is 393 g/mol. The van der Waals surface area contributed by atoms with Crippen LogP contribution in [0.5, 0.6) is 5.75 Å². The molecule has 0 saturated heterocycles. The van der Waals surface area contributed by atoms with Crippen molar-refractivity contribution in [3.63, 3.8) is 0 Å². The Morgan fingerprint density at radius 3 is 1.86 bits per heavy atom. The van der Waals surface area contributed by atoms with Gasteiger partial charge in [0.25, 0.3) is 0 Å². The fourth-order valence-corrected chi connectivity index (χ4v) is 0.837. The van der Waals surface area contributed by atoms with Gasteiger partial charge in [-0.3, -0.25) is 0 Å². The maximum Gasteiger partial charge on any atom is 0.412 e. The van der Waals surface area contributed by atoms with Crippen LogP contribution in [0, 0.1) is 6.92 Å². The molecular weight excluding hydrogens is 376 g/mol. The van der Waals surface area contributed by atoms with E-state index in [4.69, 9.17) is 24.3 Å². The Morgan fingerprint density at radius 1 is 1.14 bits per heavy atom. The molecule has 9 nitrogen and oxygen atoms in total. The van der Waals surface area contributed by atoms with E-state index in [-0.39, 0.29) is 0 Å². The lowest BCUT2D eigenvalue weighted by Gasteiger charge is -2.02. The second-order valence-electron chi connectivity index (χ2n) is 3.48. The molecule has 22 heavy (non-hydrogen) atoms. The maximum absolute atomic E-state index is 10.8. The molecule has 0 radical (unpaired) electrons. The van der Waals surface area contributed by atoms with Crippen LogP contribution < -0.4 is 10.1 Å². The van der Waals surface area contributed by atoms with Crippen LogP contribution >= 0.6 is 38.1 Å². The number of rotatable bonds is 1. The van der Waals surface area contributed by atoms with E-state index in [1.165, 1.54) is 7.05 Å². The molecule has 0 bridgehead atoms. The second kappa shape index (κ2) is 11.1. The first-order chi connectivity index (χ1) is 9.72. The molecule has 0 aliphatic rings. The van der Waals surface area contributed by atoms with E-state index in [2.05, 4.69) is 29.8 Å². The summed E-state index contributed by atoms with van der Waals surface area (Å²) in [5, 5.41) is 2.37. The van der Waals surface area contributed by atoms with Crippen molar-refractivity contribution in [2.75, 3.05) is 7.05 Å². The number of aryl methyl sites for hydroxylation is 1. The highest BCUT2D eigenvalue weighted by Gasteiger charge is 1.99. The molecular formula is C9H17NO8P2S2. The Balaban J connectivity index is 0. The normalized spacial score (nSPS) is 10.4. The summed E-state index contributed by atoms with van der Waals surface area (Å²) in [4.78, 5) is 40.7. The summed E-state index contributed by atoms with van der Waals surface area (Å²) in [6, 6.07) is 7.32. The molecule has 13 heteroatoms. The smallest absolute Gasteiger partial charge is 0.410 e. The van der Waals surface area contributed by atoms with E-state index in [1.807, 2.05) is 19.1 Å². The van der Waals surface area contributed by atoms with Crippen molar-refractivity contribution in [3.8, 4) is 5.75 Å². The summed E-state index contributed by atoms with van der Waals surface area (Å²) in [5.41, 5.74) is 1.07.